The summed E-state index contributed by atoms with van der Waals surface area (Å²) in [6.45, 7) is 9.46. The van der Waals surface area contributed by atoms with Gasteiger partial charge in [-0.15, -0.1) is 0 Å². The lowest BCUT2D eigenvalue weighted by Crippen LogP contribution is -2.14. The number of halogens is 1. The molecular formula is C16H21BrN4OS. The first-order valence-corrected chi connectivity index (χ1v) is 8.95. The van der Waals surface area contributed by atoms with Crippen molar-refractivity contribution in [3.63, 3.8) is 0 Å². The van der Waals surface area contributed by atoms with Crippen molar-refractivity contribution in [3.05, 3.63) is 32.4 Å². The molecule has 0 atom stereocenters. The van der Waals surface area contributed by atoms with Crippen molar-refractivity contribution in [2.75, 3.05) is 13.6 Å². The third kappa shape index (κ3) is 4.51. The van der Waals surface area contributed by atoms with Gasteiger partial charge in [0.1, 0.15) is 6.61 Å². The monoisotopic (exact) mass is 396 g/mol. The van der Waals surface area contributed by atoms with Crippen LogP contribution in [0, 0.1) is 20.8 Å². The Hall–Kier alpha value is -1.47. The van der Waals surface area contributed by atoms with E-state index in [1.807, 2.05) is 31.9 Å². The number of nitrogens with zero attached hydrogens (tertiary/aromatic N) is 4. The maximum absolute atomic E-state index is 5.85. The molecule has 0 spiro atoms. The first kappa shape index (κ1) is 17.9. The van der Waals surface area contributed by atoms with Crippen molar-refractivity contribution in [3.8, 4) is 5.88 Å². The predicted octanol–water partition coefficient (Wildman–Crippen LogP) is 4.42. The van der Waals surface area contributed by atoms with Crippen molar-refractivity contribution in [2.45, 2.75) is 34.3 Å². The largest absolute Gasteiger partial charge is 0.471 e. The third-order valence-corrected chi connectivity index (χ3v) is 5.17. The number of pyridine rings is 1. The Kier molecular flexibility index (Phi) is 6.12. The Bertz CT molecular complexity index is 714. The minimum absolute atomic E-state index is 0.476. The van der Waals surface area contributed by atoms with Crippen LogP contribution in [0.4, 0.5) is 5.69 Å². The molecule has 5 nitrogen and oxygen atoms in total. The second-order valence-electron chi connectivity index (χ2n) is 5.30. The van der Waals surface area contributed by atoms with Crippen LogP contribution >= 0.6 is 27.5 Å². The van der Waals surface area contributed by atoms with Gasteiger partial charge >= 0.3 is 0 Å². The van der Waals surface area contributed by atoms with E-state index in [0.29, 0.717) is 12.5 Å². The second kappa shape index (κ2) is 7.88. The summed E-state index contributed by atoms with van der Waals surface area (Å²) in [6.07, 6.45) is 1.81. The van der Waals surface area contributed by atoms with E-state index in [4.69, 9.17) is 4.74 Å². The number of hydrogen-bond donors (Lipinski definition) is 0. The predicted molar refractivity (Wildman–Crippen MR) is 99.1 cm³/mol. The fourth-order valence-corrected chi connectivity index (χ4v) is 2.95. The lowest BCUT2D eigenvalue weighted by atomic mass is 10.2. The van der Waals surface area contributed by atoms with Gasteiger partial charge in [0.05, 0.1) is 32.8 Å². The number of aromatic nitrogens is 2. The van der Waals surface area contributed by atoms with Gasteiger partial charge in [0.15, 0.2) is 0 Å². The summed E-state index contributed by atoms with van der Waals surface area (Å²) in [7, 11) is 1.98. The quantitative estimate of drug-likeness (QED) is 0.535. The van der Waals surface area contributed by atoms with Gasteiger partial charge in [0.2, 0.25) is 5.88 Å². The molecular weight excluding hydrogens is 376 g/mol. The highest BCUT2D eigenvalue weighted by Gasteiger charge is 2.11. The SMILES string of the molecule is CCN(C)C=Nc1cc(Br)c(OCc2snc(C)c2C)nc1C. The van der Waals surface area contributed by atoms with Gasteiger partial charge in [-0.1, -0.05) is 0 Å². The summed E-state index contributed by atoms with van der Waals surface area (Å²) in [5.74, 6) is 0.579. The molecule has 0 aromatic carbocycles. The average Bonchev–Trinajstić information content (AvgIpc) is 2.85. The van der Waals surface area contributed by atoms with Gasteiger partial charge < -0.3 is 9.64 Å². The van der Waals surface area contributed by atoms with E-state index >= 15 is 0 Å². The van der Waals surface area contributed by atoms with Crippen LogP contribution in [0.15, 0.2) is 15.5 Å². The zero-order valence-corrected chi connectivity index (χ0v) is 16.5. The minimum Gasteiger partial charge on any atom is -0.471 e. The van der Waals surface area contributed by atoms with Crippen LogP contribution in [0.2, 0.25) is 0 Å². The molecule has 0 aliphatic rings. The molecule has 0 radical (unpaired) electrons. The van der Waals surface area contributed by atoms with E-state index < -0.39 is 0 Å². The van der Waals surface area contributed by atoms with E-state index in [1.54, 1.807) is 6.34 Å². The van der Waals surface area contributed by atoms with Gasteiger partial charge in [0, 0.05) is 13.6 Å². The zero-order valence-electron chi connectivity index (χ0n) is 14.1. The molecule has 0 fully saturated rings. The molecule has 2 aromatic heterocycles. The summed E-state index contributed by atoms with van der Waals surface area (Å²) >= 11 is 4.99. The Morgan fingerprint density at radius 3 is 2.70 bits per heavy atom. The van der Waals surface area contributed by atoms with Crippen molar-refractivity contribution in [1.82, 2.24) is 14.3 Å². The molecule has 124 valence electrons. The molecule has 0 aliphatic heterocycles. The van der Waals surface area contributed by atoms with Gasteiger partial charge in [-0.3, -0.25) is 0 Å². The molecule has 0 N–H and O–H groups in total. The van der Waals surface area contributed by atoms with Crippen LogP contribution in [0.1, 0.15) is 28.8 Å². The summed E-state index contributed by atoms with van der Waals surface area (Å²) in [5.41, 5.74) is 3.91. The summed E-state index contributed by atoms with van der Waals surface area (Å²) in [6, 6.07) is 1.93. The smallest absolute Gasteiger partial charge is 0.228 e. The standard InChI is InChI=1S/C16H21BrN4OS/c1-6-21(5)9-18-14-7-13(17)16(19-12(14)4)22-8-15-10(2)11(3)20-23-15/h7,9H,6,8H2,1-5H3. The van der Waals surface area contributed by atoms with Gasteiger partial charge in [-0.2, -0.15) is 4.37 Å². The van der Waals surface area contributed by atoms with Crippen molar-refractivity contribution >= 4 is 39.5 Å². The Labute approximate surface area is 149 Å². The summed E-state index contributed by atoms with van der Waals surface area (Å²) in [4.78, 5) is 12.1. The molecule has 23 heavy (non-hydrogen) atoms. The van der Waals surface area contributed by atoms with Gasteiger partial charge in [-0.05, 0) is 66.8 Å². The topological polar surface area (TPSA) is 50.6 Å². The summed E-state index contributed by atoms with van der Waals surface area (Å²) < 4.78 is 11.0. The van der Waals surface area contributed by atoms with Crippen LogP contribution in [0.3, 0.4) is 0 Å². The van der Waals surface area contributed by atoms with Crippen LogP contribution in [-0.4, -0.2) is 34.2 Å². The van der Waals surface area contributed by atoms with E-state index in [9.17, 15) is 0 Å². The molecule has 2 rings (SSSR count). The molecule has 0 unspecified atom stereocenters. The van der Waals surface area contributed by atoms with Crippen molar-refractivity contribution in [1.29, 1.82) is 0 Å². The zero-order chi connectivity index (χ0) is 17.0. The molecule has 2 aromatic rings. The highest BCUT2D eigenvalue weighted by molar-refractivity contribution is 9.10. The Morgan fingerprint density at radius 2 is 2.09 bits per heavy atom. The highest BCUT2D eigenvalue weighted by Crippen LogP contribution is 2.30. The van der Waals surface area contributed by atoms with Crippen LogP contribution in [0.5, 0.6) is 5.88 Å². The van der Waals surface area contributed by atoms with Crippen molar-refractivity contribution in [2.24, 2.45) is 4.99 Å². The number of ether oxygens (including phenoxy) is 1. The highest BCUT2D eigenvalue weighted by atomic mass is 79.9. The first-order chi connectivity index (χ1) is 10.9. The second-order valence-corrected chi connectivity index (χ2v) is 7.01. The molecule has 0 saturated heterocycles. The molecule has 0 amide bonds. The molecule has 0 saturated carbocycles. The third-order valence-electron chi connectivity index (χ3n) is 3.59. The van der Waals surface area contributed by atoms with Crippen molar-refractivity contribution < 1.29 is 4.74 Å². The van der Waals surface area contributed by atoms with Gasteiger partial charge in [-0.25, -0.2) is 9.98 Å². The van der Waals surface area contributed by atoms with Crippen LogP contribution < -0.4 is 4.74 Å². The molecule has 2 heterocycles. The van der Waals surface area contributed by atoms with E-state index in [-0.39, 0.29) is 0 Å². The van der Waals surface area contributed by atoms with Gasteiger partial charge in [0.25, 0.3) is 0 Å². The lowest BCUT2D eigenvalue weighted by molar-refractivity contribution is 0.294. The van der Waals surface area contributed by atoms with Crippen LogP contribution in [0.25, 0.3) is 0 Å². The lowest BCUT2D eigenvalue weighted by Gasteiger charge is -2.11. The molecule has 7 heteroatoms. The fourth-order valence-electron chi connectivity index (χ4n) is 1.75. The average molecular weight is 397 g/mol. The normalized spacial score (nSPS) is 11.2. The minimum atomic E-state index is 0.476. The first-order valence-electron chi connectivity index (χ1n) is 7.38. The molecule has 0 bridgehead atoms. The Balaban J connectivity index is 2.13. The van der Waals surface area contributed by atoms with Crippen LogP contribution in [-0.2, 0) is 6.61 Å². The van der Waals surface area contributed by atoms with E-state index in [1.165, 1.54) is 17.1 Å². The number of aliphatic imine (C=N–C) groups is 1. The summed E-state index contributed by atoms with van der Waals surface area (Å²) in [5, 5.41) is 0. The maximum Gasteiger partial charge on any atom is 0.228 e. The number of rotatable bonds is 6. The number of aryl methyl sites for hydroxylation is 2. The fraction of sp³-hybridized carbons (Fsp3) is 0.438. The Morgan fingerprint density at radius 1 is 1.35 bits per heavy atom. The maximum atomic E-state index is 5.85. The number of hydrogen-bond acceptors (Lipinski definition) is 5. The van der Waals surface area contributed by atoms with E-state index in [0.717, 1.165) is 33.0 Å². The molecule has 0 aliphatic carbocycles. The van der Waals surface area contributed by atoms with E-state index in [2.05, 4.69) is 44.1 Å².